The summed E-state index contributed by atoms with van der Waals surface area (Å²) in [6.07, 6.45) is 0. The summed E-state index contributed by atoms with van der Waals surface area (Å²) in [6.45, 7) is -0.520. The van der Waals surface area contributed by atoms with Crippen LogP contribution in [0, 0.1) is 0 Å². The minimum absolute atomic E-state index is 0.210. The molecule has 0 aliphatic heterocycles. The van der Waals surface area contributed by atoms with Crippen molar-refractivity contribution in [1.29, 1.82) is 0 Å². The average Bonchev–Trinajstić information content (AvgIpc) is 2.39. The molecule has 0 aliphatic rings. The molecule has 2 aromatic carbocycles. The standard InChI is InChI=1S/C14H11BrFNO/c15-12-2-1-3-13(8-12)17-14(18)11-6-4-10(9-16)5-7-11/h1-8H,9H2,(H,17,18). The van der Waals surface area contributed by atoms with E-state index in [9.17, 15) is 9.18 Å². The number of anilines is 1. The first-order valence-electron chi connectivity index (χ1n) is 5.41. The van der Waals surface area contributed by atoms with E-state index in [0.717, 1.165) is 4.47 Å². The Morgan fingerprint density at radius 3 is 2.50 bits per heavy atom. The maximum absolute atomic E-state index is 12.3. The largest absolute Gasteiger partial charge is 0.322 e. The van der Waals surface area contributed by atoms with Crippen LogP contribution in [0.4, 0.5) is 10.1 Å². The lowest BCUT2D eigenvalue weighted by Crippen LogP contribution is -2.11. The van der Waals surface area contributed by atoms with Gasteiger partial charge >= 0.3 is 0 Å². The van der Waals surface area contributed by atoms with E-state index in [4.69, 9.17) is 0 Å². The SMILES string of the molecule is O=C(Nc1cccc(Br)c1)c1ccc(CF)cc1. The van der Waals surface area contributed by atoms with Crippen molar-refractivity contribution < 1.29 is 9.18 Å². The number of carbonyl (C=O) groups is 1. The van der Waals surface area contributed by atoms with Crippen LogP contribution in [-0.4, -0.2) is 5.91 Å². The monoisotopic (exact) mass is 307 g/mol. The van der Waals surface area contributed by atoms with Crippen molar-refractivity contribution in [1.82, 2.24) is 0 Å². The molecule has 0 unspecified atom stereocenters. The first kappa shape index (κ1) is 12.8. The van der Waals surface area contributed by atoms with Crippen LogP contribution in [0.1, 0.15) is 15.9 Å². The zero-order valence-corrected chi connectivity index (χ0v) is 11.1. The van der Waals surface area contributed by atoms with Crippen LogP contribution in [0.15, 0.2) is 53.0 Å². The van der Waals surface area contributed by atoms with Gasteiger partial charge in [-0.15, -0.1) is 0 Å². The molecule has 0 heterocycles. The van der Waals surface area contributed by atoms with Gasteiger partial charge in [-0.05, 0) is 35.9 Å². The number of hydrogen-bond acceptors (Lipinski definition) is 1. The predicted octanol–water partition coefficient (Wildman–Crippen LogP) is 4.17. The third-order valence-corrected chi connectivity index (χ3v) is 2.95. The summed E-state index contributed by atoms with van der Waals surface area (Å²) < 4.78 is 13.2. The van der Waals surface area contributed by atoms with Crippen LogP contribution in [0.3, 0.4) is 0 Å². The Morgan fingerprint density at radius 1 is 1.17 bits per heavy atom. The summed E-state index contributed by atoms with van der Waals surface area (Å²) in [4.78, 5) is 11.9. The van der Waals surface area contributed by atoms with Crippen molar-refractivity contribution in [3.05, 3.63) is 64.1 Å². The maximum atomic E-state index is 12.3. The molecule has 2 aromatic rings. The number of alkyl halides is 1. The normalized spacial score (nSPS) is 10.1. The Labute approximate surface area is 113 Å². The van der Waals surface area contributed by atoms with Crippen LogP contribution < -0.4 is 5.32 Å². The zero-order chi connectivity index (χ0) is 13.0. The topological polar surface area (TPSA) is 29.1 Å². The van der Waals surface area contributed by atoms with Gasteiger partial charge in [-0.2, -0.15) is 0 Å². The van der Waals surface area contributed by atoms with Gasteiger partial charge in [0.1, 0.15) is 6.67 Å². The van der Waals surface area contributed by atoms with Crippen molar-refractivity contribution in [3.8, 4) is 0 Å². The summed E-state index contributed by atoms with van der Waals surface area (Å²) in [6, 6.07) is 13.8. The van der Waals surface area contributed by atoms with Crippen molar-refractivity contribution in [2.45, 2.75) is 6.67 Å². The van der Waals surface area contributed by atoms with Gasteiger partial charge in [0.25, 0.3) is 5.91 Å². The summed E-state index contributed by atoms with van der Waals surface area (Å²) in [7, 11) is 0. The van der Waals surface area contributed by atoms with Gasteiger partial charge in [-0.25, -0.2) is 4.39 Å². The number of rotatable bonds is 3. The van der Waals surface area contributed by atoms with E-state index < -0.39 is 6.67 Å². The minimum atomic E-state index is -0.520. The fourth-order valence-corrected chi connectivity index (χ4v) is 1.91. The Hall–Kier alpha value is -1.68. The highest BCUT2D eigenvalue weighted by Crippen LogP contribution is 2.16. The quantitative estimate of drug-likeness (QED) is 0.906. The van der Waals surface area contributed by atoms with Gasteiger partial charge in [-0.1, -0.05) is 34.1 Å². The van der Waals surface area contributed by atoms with Gasteiger partial charge in [0, 0.05) is 15.7 Å². The second-order valence-electron chi connectivity index (χ2n) is 3.80. The highest BCUT2D eigenvalue weighted by molar-refractivity contribution is 9.10. The number of halogens is 2. The second kappa shape index (κ2) is 5.78. The third-order valence-electron chi connectivity index (χ3n) is 2.45. The fourth-order valence-electron chi connectivity index (χ4n) is 1.51. The molecule has 0 aliphatic carbocycles. The first-order chi connectivity index (χ1) is 8.69. The van der Waals surface area contributed by atoms with E-state index in [1.54, 1.807) is 30.3 Å². The van der Waals surface area contributed by atoms with Crippen LogP contribution in [0.2, 0.25) is 0 Å². The molecule has 4 heteroatoms. The number of amides is 1. The Kier molecular flexibility index (Phi) is 4.10. The lowest BCUT2D eigenvalue weighted by Gasteiger charge is -2.06. The van der Waals surface area contributed by atoms with Gasteiger partial charge < -0.3 is 5.32 Å². The zero-order valence-electron chi connectivity index (χ0n) is 9.49. The molecule has 0 saturated carbocycles. The van der Waals surface area contributed by atoms with Crippen LogP contribution in [-0.2, 0) is 6.67 Å². The predicted molar refractivity (Wildman–Crippen MR) is 73.3 cm³/mol. The number of nitrogens with one attached hydrogen (secondary N) is 1. The number of benzene rings is 2. The van der Waals surface area contributed by atoms with Crippen LogP contribution in [0.5, 0.6) is 0 Å². The summed E-state index contributed by atoms with van der Waals surface area (Å²) in [5.41, 5.74) is 1.78. The molecule has 18 heavy (non-hydrogen) atoms. The van der Waals surface area contributed by atoms with Crippen LogP contribution >= 0.6 is 15.9 Å². The molecule has 2 nitrogen and oxygen atoms in total. The molecule has 1 amide bonds. The molecule has 92 valence electrons. The lowest BCUT2D eigenvalue weighted by molar-refractivity contribution is 0.102. The highest BCUT2D eigenvalue weighted by Gasteiger charge is 2.06. The van der Waals surface area contributed by atoms with E-state index >= 15 is 0 Å². The van der Waals surface area contributed by atoms with Crippen molar-refractivity contribution >= 4 is 27.5 Å². The molecule has 0 spiro atoms. The Morgan fingerprint density at radius 2 is 1.89 bits per heavy atom. The summed E-state index contributed by atoms with van der Waals surface area (Å²) in [5, 5.41) is 2.77. The summed E-state index contributed by atoms with van der Waals surface area (Å²) >= 11 is 3.33. The fraction of sp³-hybridized carbons (Fsp3) is 0.0714. The van der Waals surface area contributed by atoms with Gasteiger partial charge in [0.05, 0.1) is 0 Å². The molecule has 0 radical (unpaired) electrons. The maximum Gasteiger partial charge on any atom is 0.255 e. The van der Waals surface area contributed by atoms with E-state index in [2.05, 4.69) is 21.2 Å². The van der Waals surface area contributed by atoms with Gasteiger partial charge in [-0.3, -0.25) is 4.79 Å². The van der Waals surface area contributed by atoms with E-state index in [0.29, 0.717) is 16.8 Å². The minimum Gasteiger partial charge on any atom is -0.322 e. The molecule has 0 aromatic heterocycles. The van der Waals surface area contributed by atoms with E-state index in [-0.39, 0.29) is 5.91 Å². The smallest absolute Gasteiger partial charge is 0.255 e. The van der Waals surface area contributed by atoms with Crippen molar-refractivity contribution in [3.63, 3.8) is 0 Å². The van der Waals surface area contributed by atoms with Crippen molar-refractivity contribution in [2.75, 3.05) is 5.32 Å². The Balaban J connectivity index is 2.11. The number of hydrogen-bond donors (Lipinski definition) is 1. The molecule has 0 bridgehead atoms. The molecule has 0 saturated heterocycles. The molecule has 2 rings (SSSR count). The van der Waals surface area contributed by atoms with Crippen molar-refractivity contribution in [2.24, 2.45) is 0 Å². The number of carbonyl (C=O) groups excluding carboxylic acids is 1. The first-order valence-corrected chi connectivity index (χ1v) is 6.20. The van der Waals surface area contributed by atoms with E-state index in [1.165, 1.54) is 0 Å². The molecule has 1 N–H and O–H groups in total. The molecular formula is C14H11BrFNO. The lowest BCUT2D eigenvalue weighted by atomic mass is 10.1. The average molecular weight is 308 g/mol. The third kappa shape index (κ3) is 3.17. The van der Waals surface area contributed by atoms with Gasteiger partial charge in [0.2, 0.25) is 0 Å². The highest BCUT2D eigenvalue weighted by atomic mass is 79.9. The second-order valence-corrected chi connectivity index (χ2v) is 4.71. The Bertz CT molecular complexity index is 554. The molecule has 0 atom stereocenters. The van der Waals surface area contributed by atoms with Gasteiger partial charge in [0.15, 0.2) is 0 Å². The van der Waals surface area contributed by atoms with E-state index in [1.807, 2.05) is 18.2 Å². The van der Waals surface area contributed by atoms with Crippen LogP contribution in [0.25, 0.3) is 0 Å². The molecular weight excluding hydrogens is 297 g/mol. The summed E-state index contributed by atoms with van der Waals surface area (Å²) in [5.74, 6) is -0.210. The molecule has 0 fully saturated rings.